The first-order valence-electron chi connectivity index (χ1n) is 8.23. The first kappa shape index (κ1) is 19.3. The average Bonchev–Trinajstić information content (AvgIpc) is 2.59. The fourth-order valence-electron chi connectivity index (χ4n) is 3.03. The summed E-state index contributed by atoms with van der Waals surface area (Å²) in [6.07, 6.45) is 2.03. The molecule has 2 aromatic rings. The number of hydrogen-bond donors (Lipinski definition) is 1. The number of fused-ring (bicyclic) bond motifs is 1. The number of nitrogens with zero attached hydrogens (tertiary/aromatic N) is 1. The molecule has 1 aliphatic heterocycles. The molecule has 2 heterocycles. The summed E-state index contributed by atoms with van der Waals surface area (Å²) >= 11 is 0. The van der Waals surface area contributed by atoms with Gasteiger partial charge >= 0.3 is 5.63 Å². The zero-order valence-electron chi connectivity index (χ0n) is 14.1. The average molecular weight is 367 g/mol. The van der Waals surface area contributed by atoms with Crippen LogP contribution in [-0.4, -0.2) is 36.5 Å². The number of rotatable bonds is 4. The molecular weight excluding hydrogens is 344 g/mol. The number of hydrogen-bond acceptors (Lipinski definition) is 5. The van der Waals surface area contributed by atoms with Crippen molar-refractivity contribution in [2.45, 2.75) is 25.8 Å². The van der Waals surface area contributed by atoms with Crippen LogP contribution in [0.4, 0.5) is 0 Å². The van der Waals surface area contributed by atoms with Crippen LogP contribution in [0.2, 0.25) is 0 Å². The minimum Gasteiger partial charge on any atom is -0.484 e. The maximum Gasteiger partial charge on any atom is 0.336 e. The van der Waals surface area contributed by atoms with Crippen LogP contribution in [-0.2, 0) is 4.79 Å². The van der Waals surface area contributed by atoms with E-state index in [1.54, 1.807) is 24.3 Å². The smallest absolute Gasteiger partial charge is 0.336 e. The monoisotopic (exact) mass is 366 g/mol. The first-order chi connectivity index (χ1) is 11.5. The third-order valence-corrected chi connectivity index (χ3v) is 4.51. The summed E-state index contributed by atoms with van der Waals surface area (Å²) in [5.74, 6) is 0.804. The second-order valence-corrected chi connectivity index (χ2v) is 6.34. The molecular formula is C18H23ClN2O4. The molecule has 2 N–H and O–H groups in total. The lowest BCUT2D eigenvalue weighted by Crippen LogP contribution is -2.46. The van der Waals surface area contributed by atoms with Gasteiger partial charge in [-0.05, 0) is 43.9 Å². The number of likely N-dealkylation sites (tertiary alicyclic amines) is 1. The Morgan fingerprint density at radius 2 is 2.16 bits per heavy atom. The van der Waals surface area contributed by atoms with Gasteiger partial charge in [-0.25, -0.2) is 4.79 Å². The molecule has 0 bridgehead atoms. The van der Waals surface area contributed by atoms with E-state index < -0.39 is 5.63 Å². The Bertz CT molecular complexity index is 790. The molecule has 25 heavy (non-hydrogen) atoms. The molecule has 6 nitrogen and oxygen atoms in total. The topological polar surface area (TPSA) is 85.8 Å². The number of carbonyl (C=O) groups is 1. The van der Waals surface area contributed by atoms with E-state index in [0.29, 0.717) is 23.8 Å². The Kier molecular flexibility index (Phi) is 6.45. The van der Waals surface area contributed by atoms with Gasteiger partial charge in [-0.1, -0.05) is 0 Å². The fraction of sp³-hybridized carbons (Fsp3) is 0.444. The van der Waals surface area contributed by atoms with Gasteiger partial charge in [0.05, 0.1) is 0 Å². The molecule has 7 heteroatoms. The predicted molar refractivity (Wildman–Crippen MR) is 98.2 cm³/mol. The van der Waals surface area contributed by atoms with Gasteiger partial charge in [0.25, 0.3) is 5.91 Å². The molecule has 1 amide bonds. The van der Waals surface area contributed by atoms with Gasteiger partial charge in [-0.2, -0.15) is 0 Å². The van der Waals surface area contributed by atoms with Gasteiger partial charge in [0, 0.05) is 36.7 Å². The Labute approximate surface area is 152 Å². The summed E-state index contributed by atoms with van der Waals surface area (Å²) in [4.78, 5) is 25.4. The van der Waals surface area contributed by atoms with Crippen LogP contribution < -0.4 is 16.1 Å². The van der Waals surface area contributed by atoms with Crippen molar-refractivity contribution in [3.8, 4) is 5.75 Å². The van der Waals surface area contributed by atoms with E-state index >= 15 is 0 Å². The predicted octanol–water partition coefficient (Wildman–Crippen LogP) is 2.18. The second-order valence-electron chi connectivity index (χ2n) is 6.34. The number of ether oxygens (including phenoxy) is 1. The van der Waals surface area contributed by atoms with E-state index in [1.165, 1.54) is 6.07 Å². The van der Waals surface area contributed by atoms with E-state index in [-0.39, 0.29) is 31.0 Å². The van der Waals surface area contributed by atoms with Crippen LogP contribution in [0.5, 0.6) is 5.75 Å². The molecule has 1 aromatic heterocycles. The molecule has 1 aromatic carbocycles. The lowest BCUT2D eigenvalue weighted by atomic mass is 9.92. The van der Waals surface area contributed by atoms with E-state index in [2.05, 4.69) is 0 Å². The summed E-state index contributed by atoms with van der Waals surface area (Å²) in [5.41, 5.74) is 5.99. The summed E-state index contributed by atoms with van der Waals surface area (Å²) in [5, 5.41) is 0.809. The highest BCUT2D eigenvalue weighted by molar-refractivity contribution is 5.85. The summed E-state index contributed by atoms with van der Waals surface area (Å²) in [6, 6.07) is 8.34. The highest BCUT2D eigenvalue weighted by Gasteiger charge is 2.25. The molecule has 0 radical (unpaired) electrons. The van der Waals surface area contributed by atoms with E-state index in [1.807, 2.05) is 11.8 Å². The maximum absolute atomic E-state index is 12.3. The molecule has 2 unspecified atom stereocenters. The number of piperidine rings is 1. The largest absolute Gasteiger partial charge is 0.484 e. The van der Waals surface area contributed by atoms with Crippen LogP contribution in [0.1, 0.15) is 19.8 Å². The van der Waals surface area contributed by atoms with Crippen molar-refractivity contribution in [1.29, 1.82) is 0 Å². The number of benzene rings is 1. The number of nitrogens with two attached hydrogens (primary N) is 1. The van der Waals surface area contributed by atoms with Crippen molar-refractivity contribution in [2.75, 3.05) is 19.7 Å². The van der Waals surface area contributed by atoms with Crippen molar-refractivity contribution in [3.63, 3.8) is 0 Å². The third kappa shape index (κ3) is 4.74. The Morgan fingerprint density at radius 3 is 2.92 bits per heavy atom. The van der Waals surface area contributed by atoms with Gasteiger partial charge in [-0.15, -0.1) is 12.4 Å². The van der Waals surface area contributed by atoms with E-state index in [4.69, 9.17) is 14.9 Å². The van der Waals surface area contributed by atoms with Crippen LogP contribution in [0.15, 0.2) is 39.5 Å². The Balaban J connectivity index is 0.00000225. The molecule has 0 spiro atoms. The Hall–Kier alpha value is -2.05. The number of carbonyl (C=O) groups excluding carboxylic acids is 1. The molecule has 0 aliphatic carbocycles. The fourth-order valence-corrected chi connectivity index (χ4v) is 3.03. The van der Waals surface area contributed by atoms with Crippen molar-refractivity contribution in [2.24, 2.45) is 11.7 Å². The van der Waals surface area contributed by atoms with Crippen molar-refractivity contribution in [1.82, 2.24) is 4.90 Å². The highest BCUT2D eigenvalue weighted by Crippen LogP contribution is 2.21. The number of amides is 1. The molecule has 1 fully saturated rings. The Morgan fingerprint density at radius 1 is 1.40 bits per heavy atom. The zero-order chi connectivity index (χ0) is 17.1. The summed E-state index contributed by atoms with van der Waals surface area (Å²) < 4.78 is 10.7. The van der Waals surface area contributed by atoms with Crippen molar-refractivity contribution < 1.29 is 13.9 Å². The molecule has 0 saturated carbocycles. The number of halogens is 1. The molecule has 1 aliphatic rings. The highest BCUT2D eigenvalue weighted by atomic mass is 35.5. The van der Waals surface area contributed by atoms with Crippen molar-refractivity contribution >= 4 is 29.3 Å². The van der Waals surface area contributed by atoms with Crippen LogP contribution in [0.3, 0.4) is 0 Å². The minimum atomic E-state index is -0.411. The standard InChI is InChI=1S/C18H22N2O4.ClH/c1-12(19)14-3-2-8-20(10-14)17(21)11-23-15-6-4-13-5-7-18(22)24-16(13)9-15;/h4-7,9,12,14H,2-3,8,10-11,19H2,1H3;1H. The van der Waals surface area contributed by atoms with Crippen LogP contribution >= 0.6 is 12.4 Å². The third-order valence-electron chi connectivity index (χ3n) is 4.51. The molecule has 3 rings (SSSR count). The quantitative estimate of drug-likeness (QED) is 0.838. The summed E-state index contributed by atoms with van der Waals surface area (Å²) in [7, 11) is 0. The molecule has 1 saturated heterocycles. The van der Waals surface area contributed by atoms with E-state index in [0.717, 1.165) is 24.8 Å². The zero-order valence-corrected chi connectivity index (χ0v) is 15.0. The molecule has 136 valence electrons. The molecule has 2 atom stereocenters. The van der Waals surface area contributed by atoms with Crippen LogP contribution in [0.25, 0.3) is 11.0 Å². The van der Waals surface area contributed by atoms with Crippen LogP contribution in [0, 0.1) is 5.92 Å². The van der Waals surface area contributed by atoms with E-state index in [9.17, 15) is 9.59 Å². The van der Waals surface area contributed by atoms with Gasteiger partial charge in [0.15, 0.2) is 6.61 Å². The van der Waals surface area contributed by atoms with Gasteiger partial charge < -0.3 is 19.8 Å². The second kappa shape index (κ2) is 8.36. The lowest BCUT2D eigenvalue weighted by molar-refractivity contribution is -0.135. The van der Waals surface area contributed by atoms with Gasteiger partial charge in [0.2, 0.25) is 0 Å². The first-order valence-corrected chi connectivity index (χ1v) is 8.23. The normalized spacial score (nSPS) is 18.5. The minimum absolute atomic E-state index is 0. The van der Waals surface area contributed by atoms with Gasteiger partial charge in [-0.3, -0.25) is 4.79 Å². The maximum atomic E-state index is 12.3. The lowest BCUT2D eigenvalue weighted by Gasteiger charge is -2.34. The van der Waals surface area contributed by atoms with Crippen molar-refractivity contribution in [3.05, 3.63) is 40.8 Å². The summed E-state index contributed by atoms with van der Waals surface area (Å²) in [6.45, 7) is 3.39. The SMILES string of the molecule is CC(N)C1CCCN(C(=O)COc2ccc3ccc(=O)oc3c2)C1.Cl. The van der Waals surface area contributed by atoms with Gasteiger partial charge in [0.1, 0.15) is 11.3 Å².